The van der Waals surface area contributed by atoms with Gasteiger partial charge in [0.25, 0.3) is 0 Å². The fraction of sp³-hybridized carbons (Fsp3) is 0. The van der Waals surface area contributed by atoms with E-state index in [1.807, 2.05) is 0 Å². The number of anilines is 3. The summed E-state index contributed by atoms with van der Waals surface area (Å²) in [7, 11) is 0. The average molecular weight is 548 g/mol. The Labute approximate surface area is 251 Å². The van der Waals surface area contributed by atoms with Crippen LogP contribution in [0.2, 0.25) is 0 Å². The standard InChI is InChI=1S/C42H29N/c1-3-10-30(11-4-1)32-22-25-37(26-23-32)43(38-16-9-15-36(28-38)31-12-5-2-6-13-31)39-27-24-34-19-21-35-20-18-33-14-7-8-17-40(33)42(35)41(34)29-39/h1-29H. The molecular weight excluding hydrogens is 518 g/mol. The summed E-state index contributed by atoms with van der Waals surface area (Å²) < 4.78 is 0. The van der Waals surface area contributed by atoms with Crippen molar-refractivity contribution in [3.63, 3.8) is 0 Å². The minimum Gasteiger partial charge on any atom is -0.310 e. The molecule has 0 aromatic heterocycles. The zero-order chi connectivity index (χ0) is 28.6. The minimum absolute atomic E-state index is 1.12. The van der Waals surface area contributed by atoms with Crippen LogP contribution in [0.15, 0.2) is 176 Å². The molecule has 0 fully saturated rings. The first-order chi connectivity index (χ1) is 21.3. The highest BCUT2D eigenvalue weighted by Crippen LogP contribution is 2.40. The minimum atomic E-state index is 1.12. The van der Waals surface area contributed by atoms with Crippen molar-refractivity contribution >= 4 is 49.4 Å². The third-order valence-corrected chi connectivity index (χ3v) is 8.41. The maximum atomic E-state index is 2.38. The second-order valence-corrected chi connectivity index (χ2v) is 11.0. The van der Waals surface area contributed by atoms with E-state index in [0.29, 0.717) is 0 Å². The van der Waals surface area contributed by atoms with E-state index in [4.69, 9.17) is 0 Å². The van der Waals surface area contributed by atoms with Crippen molar-refractivity contribution in [3.05, 3.63) is 176 Å². The molecule has 0 N–H and O–H groups in total. The average Bonchev–Trinajstić information content (AvgIpc) is 3.09. The number of benzene rings is 8. The number of rotatable bonds is 5. The van der Waals surface area contributed by atoms with Gasteiger partial charge in [-0.15, -0.1) is 0 Å². The molecule has 0 radical (unpaired) electrons. The Morgan fingerprint density at radius 1 is 0.279 bits per heavy atom. The molecule has 0 aliphatic rings. The van der Waals surface area contributed by atoms with Crippen molar-refractivity contribution in [2.45, 2.75) is 0 Å². The van der Waals surface area contributed by atoms with Crippen LogP contribution < -0.4 is 4.90 Å². The molecule has 1 nitrogen and oxygen atoms in total. The lowest BCUT2D eigenvalue weighted by Gasteiger charge is -2.27. The summed E-state index contributed by atoms with van der Waals surface area (Å²) in [5.74, 6) is 0. The van der Waals surface area contributed by atoms with Crippen molar-refractivity contribution in [2.24, 2.45) is 0 Å². The molecule has 8 aromatic carbocycles. The first-order valence-corrected chi connectivity index (χ1v) is 14.8. The smallest absolute Gasteiger partial charge is 0.0468 e. The summed E-state index contributed by atoms with van der Waals surface area (Å²) >= 11 is 0. The summed E-state index contributed by atoms with van der Waals surface area (Å²) in [6.07, 6.45) is 0. The Hall–Kier alpha value is -5.66. The van der Waals surface area contributed by atoms with Gasteiger partial charge in [0.1, 0.15) is 0 Å². The van der Waals surface area contributed by atoms with E-state index in [0.717, 1.165) is 17.1 Å². The maximum absolute atomic E-state index is 2.38. The van der Waals surface area contributed by atoms with Crippen molar-refractivity contribution in [1.82, 2.24) is 0 Å². The lowest BCUT2D eigenvalue weighted by atomic mass is 9.96. The Bertz CT molecular complexity index is 2210. The van der Waals surface area contributed by atoms with Crippen molar-refractivity contribution in [3.8, 4) is 22.3 Å². The van der Waals surface area contributed by atoms with E-state index in [9.17, 15) is 0 Å². The summed E-state index contributed by atoms with van der Waals surface area (Å²) in [6.45, 7) is 0. The quantitative estimate of drug-likeness (QED) is 0.194. The van der Waals surface area contributed by atoms with E-state index in [-0.39, 0.29) is 0 Å². The molecule has 202 valence electrons. The summed E-state index contributed by atoms with van der Waals surface area (Å²) in [5, 5.41) is 7.61. The lowest BCUT2D eigenvalue weighted by Crippen LogP contribution is -2.10. The second-order valence-electron chi connectivity index (χ2n) is 11.0. The van der Waals surface area contributed by atoms with Gasteiger partial charge in [-0.25, -0.2) is 0 Å². The van der Waals surface area contributed by atoms with Gasteiger partial charge in [-0.3, -0.25) is 0 Å². The van der Waals surface area contributed by atoms with E-state index in [2.05, 4.69) is 181 Å². The van der Waals surface area contributed by atoms with Gasteiger partial charge in [-0.1, -0.05) is 140 Å². The van der Waals surface area contributed by atoms with Crippen LogP contribution in [0.25, 0.3) is 54.6 Å². The van der Waals surface area contributed by atoms with E-state index >= 15 is 0 Å². The molecule has 43 heavy (non-hydrogen) atoms. The van der Waals surface area contributed by atoms with Gasteiger partial charge in [0.15, 0.2) is 0 Å². The van der Waals surface area contributed by atoms with Crippen molar-refractivity contribution < 1.29 is 0 Å². The van der Waals surface area contributed by atoms with Crippen LogP contribution in [-0.2, 0) is 0 Å². The predicted octanol–water partition coefficient (Wildman–Crippen LogP) is 11.9. The maximum Gasteiger partial charge on any atom is 0.0468 e. The van der Waals surface area contributed by atoms with Gasteiger partial charge < -0.3 is 4.90 Å². The zero-order valence-electron chi connectivity index (χ0n) is 23.7. The van der Waals surface area contributed by atoms with Crippen LogP contribution in [-0.4, -0.2) is 0 Å². The summed E-state index contributed by atoms with van der Waals surface area (Å²) in [6, 6.07) is 63.5. The number of fused-ring (bicyclic) bond motifs is 5. The van der Waals surface area contributed by atoms with Gasteiger partial charge in [-0.05, 0) is 91.0 Å². The Morgan fingerprint density at radius 2 is 0.791 bits per heavy atom. The van der Waals surface area contributed by atoms with Gasteiger partial charge >= 0.3 is 0 Å². The van der Waals surface area contributed by atoms with Crippen LogP contribution in [0.4, 0.5) is 17.1 Å². The lowest BCUT2D eigenvalue weighted by molar-refractivity contribution is 1.29. The third-order valence-electron chi connectivity index (χ3n) is 8.41. The predicted molar refractivity (Wildman–Crippen MR) is 185 cm³/mol. The third kappa shape index (κ3) is 4.62. The first kappa shape index (κ1) is 25.1. The molecule has 0 aliphatic carbocycles. The monoisotopic (exact) mass is 547 g/mol. The van der Waals surface area contributed by atoms with Gasteiger partial charge in [0.05, 0.1) is 0 Å². The van der Waals surface area contributed by atoms with Crippen molar-refractivity contribution in [1.29, 1.82) is 0 Å². The molecule has 8 rings (SSSR count). The molecule has 0 aliphatic heterocycles. The van der Waals surface area contributed by atoms with Crippen LogP contribution in [0, 0.1) is 0 Å². The number of hydrogen-bond acceptors (Lipinski definition) is 1. The topological polar surface area (TPSA) is 3.24 Å². The molecule has 0 spiro atoms. The van der Waals surface area contributed by atoms with Crippen LogP contribution in [0.1, 0.15) is 0 Å². The molecule has 0 saturated heterocycles. The Kier molecular flexibility index (Phi) is 6.20. The largest absolute Gasteiger partial charge is 0.310 e. The molecular formula is C42H29N. The molecule has 0 heterocycles. The molecule has 1 heteroatoms. The van der Waals surface area contributed by atoms with Crippen LogP contribution >= 0.6 is 0 Å². The summed E-state index contributed by atoms with van der Waals surface area (Å²) in [4.78, 5) is 2.38. The van der Waals surface area contributed by atoms with Crippen LogP contribution in [0.3, 0.4) is 0 Å². The highest BCUT2D eigenvalue weighted by atomic mass is 15.1. The van der Waals surface area contributed by atoms with E-state index in [1.165, 1.54) is 54.6 Å². The Morgan fingerprint density at radius 3 is 1.53 bits per heavy atom. The van der Waals surface area contributed by atoms with Gasteiger partial charge in [0.2, 0.25) is 0 Å². The van der Waals surface area contributed by atoms with Crippen molar-refractivity contribution in [2.75, 3.05) is 4.90 Å². The fourth-order valence-electron chi connectivity index (χ4n) is 6.29. The first-order valence-electron chi connectivity index (χ1n) is 14.8. The molecule has 0 saturated carbocycles. The zero-order valence-corrected chi connectivity index (χ0v) is 23.7. The van der Waals surface area contributed by atoms with Gasteiger partial charge in [0, 0.05) is 17.1 Å². The van der Waals surface area contributed by atoms with Crippen LogP contribution in [0.5, 0.6) is 0 Å². The molecule has 0 bridgehead atoms. The summed E-state index contributed by atoms with van der Waals surface area (Å²) in [5.41, 5.74) is 8.20. The molecule has 8 aromatic rings. The SMILES string of the molecule is c1ccc(-c2ccc(N(c3cccc(-c4ccccc4)c3)c3ccc4ccc5ccc6ccccc6c5c4c3)cc2)cc1. The molecule has 0 amide bonds. The Balaban J connectivity index is 1.34. The van der Waals surface area contributed by atoms with Gasteiger partial charge in [-0.2, -0.15) is 0 Å². The highest BCUT2D eigenvalue weighted by Gasteiger charge is 2.16. The molecule has 0 atom stereocenters. The van der Waals surface area contributed by atoms with E-state index in [1.54, 1.807) is 0 Å². The molecule has 0 unspecified atom stereocenters. The normalized spacial score (nSPS) is 11.3. The number of nitrogens with zero attached hydrogens (tertiary/aromatic N) is 1. The number of hydrogen-bond donors (Lipinski definition) is 0. The fourth-order valence-corrected chi connectivity index (χ4v) is 6.29. The highest BCUT2D eigenvalue weighted by molar-refractivity contribution is 6.20. The second kappa shape index (κ2) is 10.6. The van der Waals surface area contributed by atoms with E-state index < -0.39 is 0 Å².